The van der Waals surface area contributed by atoms with Gasteiger partial charge in [-0.2, -0.15) is 10.2 Å². The first-order valence-corrected chi connectivity index (χ1v) is 6.54. The van der Waals surface area contributed by atoms with Crippen LogP contribution in [0.15, 0.2) is 24.9 Å². The van der Waals surface area contributed by atoms with Gasteiger partial charge in [0, 0.05) is 18.8 Å². The van der Waals surface area contributed by atoms with E-state index in [1.54, 1.807) is 10.9 Å². The van der Waals surface area contributed by atoms with Gasteiger partial charge >= 0.3 is 0 Å². The number of hydrogen-bond acceptors (Lipinski definition) is 5. The predicted molar refractivity (Wildman–Crippen MR) is 76.1 cm³/mol. The van der Waals surface area contributed by atoms with Crippen molar-refractivity contribution in [2.24, 2.45) is 13.0 Å². The Labute approximate surface area is 116 Å². The lowest BCUT2D eigenvalue weighted by atomic mass is 9.99. The zero-order valence-electron chi connectivity index (χ0n) is 11.7. The number of rotatable bonds is 4. The minimum atomic E-state index is 0.136. The first-order valence-electron chi connectivity index (χ1n) is 6.54. The predicted octanol–water partition coefficient (Wildman–Crippen LogP) is 1.90. The number of aromatic amines is 1. The molecule has 3 aromatic heterocycles. The molecule has 1 atom stereocenters. The molecule has 7 heteroatoms. The third kappa shape index (κ3) is 2.22. The van der Waals surface area contributed by atoms with Gasteiger partial charge in [0.2, 0.25) is 0 Å². The monoisotopic (exact) mass is 271 g/mol. The summed E-state index contributed by atoms with van der Waals surface area (Å²) in [5.74, 6) is 1.18. The van der Waals surface area contributed by atoms with E-state index < -0.39 is 0 Å². The molecular formula is C13H17N7. The number of hydrogen-bond donors (Lipinski definition) is 2. The van der Waals surface area contributed by atoms with Crippen LogP contribution < -0.4 is 5.32 Å². The lowest BCUT2D eigenvalue weighted by Crippen LogP contribution is -2.17. The lowest BCUT2D eigenvalue weighted by molar-refractivity contribution is 0.545. The average molecular weight is 271 g/mol. The molecule has 0 bridgehead atoms. The topological polar surface area (TPSA) is 84.3 Å². The van der Waals surface area contributed by atoms with Crippen LogP contribution in [0.5, 0.6) is 0 Å². The SMILES string of the molecule is CC(C)C(Nc1ncnc2[nH]ncc12)c1cnn(C)c1. The molecule has 7 nitrogen and oxygen atoms in total. The van der Waals surface area contributed by atoms with Crippen molar-refractivity contribution < 1.29 is 0 Å². The fourth-order valence-electron chi connectivity index (χ4n) is 2.26. The maximum atomic E-state index is 4.32. The zero-order chi connectivity index (χ0) is 14.1. The summed E-state index contributed by atoms with van der Waals surface area (Å²) >= 11 is 0. The van der Waals surface area contributed by atoms with Crippen LogP contribution in [0.3, 0.4) is 0 Å². The maximum Gasteiger partial charge on any atom is 0.160 e. The molecule has 1 unspecified atom stereocenters. The molecule has 3 heterocycles. The molecule has 0 aliphatic heterocycles. The maximum absolute atomic E-state index is 4.32. The summed E-state index contributed by atoms with van der Waals surface area (Å²) in [7, 11) is 1.92. The molecule has 0 aliphatic rings. The van der Waals surface area contributed by atoms with E-state index in [1.807, 2.05) is 19.4 Å². The number of anilines is 1. The second-order valence-electron chi connectivity index (χ2n) is 5.17. The number of nitrogens with zero attached hydrogens (tertiary/aromatic N) is 5. The van der Waals surface area contributed by atoms with Crippen molar-refractivity contribution in [3.63, 3.8) is 0 Å². The lowest BCUT2D eigenvalue weighted by Gasteiger charge is -2.21. The van der Waals surface area contributed by atoms with Gasteiger partial charge in [0.1, 0.15) is 12.1 Å². The van der Waals surface area contributed by atoms with Gasteiger partial charge in [-0.1, -0.05) is 13.8 Å². The first kappa shape index (κ1) is 12.6. The highest BCUT2D eigenvalue weighted by Gasteiger charge is 2.19. The Bertz CT molecular complexity index is 712. The highest BCUT2D eigenvalue weighted by atomic mass is 15.2. The number of nitrogens with one attached hydrogen (secondary N) is 2. The van der Waals surface area contributed by atoms with Gasteiger partial charge < -0.3 is 5.32 Å². The van der Waals surface area contributed by atoms with E-state index in [0.717, 1.165) is 22.4 Å². The third-order valence-corrected chi connectivity index (χ3v) is 3.29. The fourth-order valence-corrected chi connectivity index (χ4v) is 2.26. The van der Waals surface area contributed by atoms with E-state index in [0.29, 0.717) is 5.92 Å². The highest BCUT2D eigenvalue weighted by Crippen LogP contribution is 2.27. The molecule has 0 fully saturated rings. The van der Waals surface area contributed by atoms with Gasteiger partial charge in [-0.15, -0.1) is 0 Å². The Morgan fingerprint density at radius 2 is 2.10 bits per heavy atom. The molecule has 0 radical (unpaired) electrons. The fraction of sp³-hybridized carbons (Fsp3) is 0.385. The van der Waals surface area contributed by atoms with Crippen LogP contribution in [0, 0.1) is 5.92 Å². The molecule has 0 aromatic carbocycles. The Kier molecular flexibility index (Phi) is 3.09. The normalized spacial score (nSPS) is 13.0. The average Bonchev–Trinajstić information content (AvgIpc) is 3.04. The van der Waals surface area contributed by atoms with Gasteiger partial charge in [0.15, 0.2) is 5.65 Å². The molecule has 2 N–H and O–H groups in total. The highest BCUT2D eigenvalue weighted by molar-refractivity contribution is 5.85. The molecule has 0 saturated heterocycles. The standard InChI is InChI=1S/C13H17N7/c1-8(2)11(9-4-17-20(3)6-9)18-12-10-5-16-19-13(10)15-7-14-12/h4-8,11H,1-3H3,(H2,14,15,16,18,19). The first-order chi connectivity index (χ1) is 9.65. The molecule has 0 amide bonds. The molecule has 20 heavy (non-hydrogen) atoms. The molecule has 0 aliphatic carbocycles. The molecule has 0 spiro atoms. The summed E-state index contributed by atoms with van der Waals surface area (Å²) in [5, 5.41) is 15.5. The van der Waals surface area contributed by atoms with Gasteiger partial charge in [-0.25, -0.2) is 9.97 Å². The molecule has 3 aromatic rings. The Morgan fingerprint density at radius 3 is 2.80 bits per heavy atom. The van der Waals surface area contributed by atoms with Crippen LogP contribution in [0.2, 0.25) is 0 Å². The minimum Gasteiger partial charge on any atom is -0.362 e. The molecular weight excluding hydrogens is 254 g/mol. The second kappa shape index (κ2) is 4.92. The van der Waals surface area contributed by atoms with E-state index in [4.69, 9.17) is 0 Å². The van der Waals surface area contributed by atoms with Crippen LogP contribution in [-0.4, -0.2) is 29.9 Å². The van der Waals surface area contributed by atoms with Crippen LogP contribution in [0.25, 0.3) is 11.0 Å². The molecule has 0 saturated carbocycles. The van der Waals surface area contributed by atoms with E-state index in [2.05, 4.69) is 44.4 Å². The van der Waals surface area contributed by atoms with Crippen LogP contribution in [-0.2, 0) is 7.05 Å². The molecule has 104 valence electrons. The van der Waals surface area contributed by atoms with E-state index in [9.17, 15) is 0 Å². The van der Waals surface area contributed by atoms with Crippen LogP contribution in [0.1, 0.15) is 25.5 Å². The summed E-state index contributed by atoms with van der Waals surface area (Å²) < 4.78 is 1.81. The van der Waals surface area contributed by atoms with E-state index in [1.165, 1.54) is 6.33 Å². The smallest absolute Gasteiger partial charge is 0.160 e. The zero-order valence-corrected chi connectivity index (χ0v) is 11.7. The summed E-state index contributed by atoms with van der Waals surface area (Å²) in [5.41, 5.74) is 1.87. The summed E-state index contributed by atoms with van der Waals surface area (Å²) in [6.45, 7) is 4.33. The summed E-state index contributed by atoms with van der Waals surface area (Å²) in [6, 6.07) is 0.136. The number of fused-ring (bicyclic) bond motifs is 1. The van der Waals surface area contributed by atoms with Crippen molar-refractivity contribution in [1.29, 1.82) is 0 Å². The summed E-state index contributed by atoms with van der Waals surface area (Å²) in [6.07, 6.45) is 7.17. The van der Waals surface area contributed by atoms with Gasteiger partial charge in [0.25, 0.3) is 0 Å². The van der Waals surface area contributed by atoms with E-state index >= 15 is 0 Å². The van der Waals surface area contributed by atoms with Gasteiger partial charge in [-0.3, -0.25) is 9.78 Å². The Morgan fingerprint density at radius 1 is 1.25 bits per heavy atom. The van der Waals surface area contributed by atoms with Crippen LogP contribution in [0.4, 0.5) is 5.82 Å². The van der Waals surface area contributed by atoms with Crippen molar-refractivity contribution in [3.8, 4) is 0 Å². The number of aromatic nitrogens is 6. The second-order valence-corrected chi connectivity index (χ2v) is 5.17. The molecule has 3 rings (SSSR count). The van der Waals surface area contributed by atoms with Crippen molar-refractivity contribution >= 4 is 16.9 Å². The van der Waals surface area contributed by atoms with Gasteiger partial charge in [0.05, 0.1) is 23.8 Å². The van der Waals surface area contributed by atoms with Crippen molar-refractivity contribution in [3.05, 3.63) is 30.5 Å². The Balaban J connectivity index is 1.96. The number of aryl methyl sites for hydroxylation is 1. The van der Waals surface area contributed by atoms with E-state index in [-0.39, 0.29) is 6.04 Å². The quantitative estimate of drug-likeness (QED) is 0.757. The van der Waals surface area contributed by atoms with Crippen molar-refractivity contribution in [2.75, 3.05) is 5.32 Å². The largest absolute Gasteiger partial charge is 0.362 e. The van der Waals surface area contributed by atoms with Crippen LogP contribution >= 0.6 is 0 Å². The summed E-state index contributed by atoms with van der Waals surface area (Å²) in [4.78, 5) is 8.47. The minimum absolute atomic E-state index is 0.136. The van der Waals surface area contributed by atoms with Crippen molar-refractivity contribution in [2.45, 2.75) is 19.9 Å². The van der Waals surface area contributed by atoms with Gasteiger partial charge in [-0.05, 0) is 5.92 Å². The third-order valence-electron chi connectivity index (χ3n) is 3.29. The number of H-pyrrole nitrogens is 1. The Hall–Kier alpha value is -2.44. The van der Waals surface area contributed by atoms with Crippen molar-refractivity contribution in [1.82, 2.24) is 29.9 Å².